The van der Waals surface area contributed by atoms with Gasteiger partial charge in [-0.3, -0.25) is 4.79 Å². The summed E-state index contributed by atoms with van der Waals surface area (Å²) in [6, 6.07) is 12.8. The van der Waals surface area contributed by atoms with E-state index in [1.807, 2.05) is 0 Å². The van der Waals surface area contributed by atoms with Crippen molar-refractivity contribution in [1.82, 2.24) is 15.3 Å². The molecule has 2 aromatic carbocycles. The predicted octanol–water partition coefficient (Wildman–Crippen LogP) is 4.31. The molecule has 0 bridgehead atoms. The number of anilines is 1. The Morgan fingerprint density at radius 2 is 1.87 bits per heavy atom. The average Bonchev–Trinajstić information content (AvgIpc) is 3.17. The maximum atomic E-state index is 12.6. The summed E-state index contributed by atoms with van der Waals surface area (Å²) in [6.45, 7) is 10.2. The Bertz CT molecular complexity index is 1060. The molecule has 1 aliphatic heterocycles. The van der Waals surface area contributed by atoms with Gasteiger partial charge in [0.05, 0.1) is 11.9 Å². The number of amides is 1. The maximum Gasteiger partial charge on any atom is 0.224 e. The molecule has 5 heteroatoms. The lowest BCUT2D eigenvalue weighted by Crippen LogP contribution is -2.38. The van der Waals surface area contributed by atoms with Crippen LogP contribution in [0.15, 0.2) is 42.7 Å². The molecule has 1 fully saturated rings. The molecule has 0 aliphatic carbocycles. The van der Waals surface area contributed by atoms with Gasteiger partial charge in [-0.2, -0.15) is 0 Å². The van der Waals surface area contributed by atoms with Gasteiger partial charge < -0.3 is 10.2 Å². The first-order valence-corrected chi connectivity index (χ1v) is 10.8. The van der Waals surface area contributed by atoms with Crippen molar-refractivity contribution in [2.24, 2.45) is 0 Å². The van der Waals surface area contributed by atoms with Crippen LogP contribution in [0.4, 0.5) is 5.82 Å². The molecule has 156 valence electrons. The zero-order valence-corrected chi connectivity index (χ0v) is 18.3. The van der Waals surface area contributed by atoms with Crippen LogP contribution in [-0.4, -0.2) is 35.0 Å². The predicted molar refractivity (Wildman–Crippen MR) is 122 cm³/mol. The lowest BCUT2D eigenvalue weighted by molar-refractivity contribution is -0.121. The van der Waals surface area contributed by atoms with E-state index in [4.69, 9.17) is 0 Å². The first-order valence-electron chi connectivity index (χ1n) is 10.8. The Hall–Kier alpha value is -2.95. The molecule has 1 aromatic heterocycles. The van der Waals surface area contributed by atoms with Gasteiger partial charge in [0, 0.05) is 24.5 Å². The number of rotatable bonds is 5. The van der Waals surface area contributed by atoms with Crippen molar-refractivity contribution in [2.75, 3.05) is 18.0 Å². The second-order valence-electron chi connectivity index (χ2n) is 8.72. The van der Waals surface area contributed by atoms with Gasteiger partial charge in [0.2, 0.25) is 5.91 Å². The van der Waals surface area contributed by atoms with Gasteiger partial charge in [0.1, 0.15) is 12.1 Å². The highest BCUT2D eigenvalue weighted by Crippen LogP contribution is 2.28. The van der Waals surface area contributed by atoms with Crippen molar-refractivity contribution >= 4 is 22.6 Å². The van der Waals surface area contributed by atoms with E-state index >= 15 is 0 Å². The summed E-state index contributed by atoms with van der Waals surface area (Å²) < 4.78 is 0. The molecule has 1 aliphatic rings. The van der Waals surface area contributed by atoms with E-state index < -0.39 is 0 Å². The molecule has 1 atom stereocenters. The Morgan fingerprint density at radius 3 is 2.60 bits per heavy atom. The number of carbonyl (C=O) groups is 1. The minimum atomic E-state index is 0.0816. The van der Waals surface area contributed by atoms with E-state index in [2.05, 4.69) is 84.3 Å². The minimum Gasteiger partial charge on any atom is -0.354 e. The Labute approximate surface area is 178 Å². The third-order valence-electron chi connectivity index (χ3n) is 6.09. The van der Waals surface area contributed by atoms with E-state index in [-0.39, 0.29) is 11.9 Å². The first-order chi connectivity index (χ1) is 14.4. The van der Waals surface area contributed by atoms with Crippen molar-refractivity contribution in [3.63, 3.8) is 0 Å². The molecule has 5 nitrogen and oxygen atoms in total. The molecule has 1 N–H and O–H groups in total. The molecule has 1 unspecified atom stereocenters. The van der Waals surface area contributed by atoms with E-state index in [0.717, 1.165) is 41.8 Å². The van der Waals surface area contributed by atoms with Crippen LogP contribution in [0.25, 0.3) is 10.9 Å². The summed E-state index contributed by atoms with van der Waals surface area (Å²) in [4.78, 5) is 23.8. The molecule has 0 spiro atoms. The minimum absolute atomic E-state index is 0.0816. The van der Waals surface area contributed by atoms with Crippen LogP contribution in [0.1, 0.15) is 48.4 Å². The zero-order valence-electron chi connectivity index (χ0n) is 18.3. The quantitative estimate of drug-likeness (QED) is 0.691. The molecule has 3 aromatic rings. The summed E-state index contributed by atoms with van der Waals surface area (Å²) in [6.07, 6.45) is 2.98. The van der Waals surface area contributed by atoms with Gasteiger partial charge in [0.15, 0.2) is 0 Å². The molecule has 4 rings (SSSR count). The number of benzene rings is 2. The summed E-state index contributed by atoms with van der Waals surface area (Å²) in [5.74, 6) is 1.55. The summed E-state index contributed by atoms with van der Waals surface area (Å²) >= 11 is 0. The van der Waals surface area contributed by atoms with Crippen molar-refractivity contribution in [1.29, 1.82) is 0 Å². The molecule has 1 amide bonds. The van der Waals surface area contributed by atoms with Crippen molar-refractivity contribution < 1.29 is 4.79 Å². The van der Waals surface area contributed by atoms with E-state index in [1.54, 1.807) is 6.33 Å². The first kappa shape index (κ1) is 20.3. The highest BCUT2D eigenvalue weighted by molar-refractivity contribution is 5.90. The lowest BCUT2D eigenvalue weighted by atomic mass is 10.0. The SMILES string of the molecule is Cc1cc2ncnc(N3CCC(NC(=O)Cc4ccc(C(C)C)cc4)C3)c2cc1C. The lowest BCUT2D eigenvalue weighted by Gasteiger charge is -2.20. The van der Waals surface area contributed by atoms with Gasteiger partial charge in [-0.25, -0.2) is 9.97 Å². The van der Waals surface area contributed by atoms with Crippen LogP contribution in [0.5, 0.6) is 0 Å². The topological polar surface area (TPSA) is 58.1 Å². The largest absolute Gasteiger partial charge is 0.354 e. The van der Waals surface area contributed by atoms with Crippen molar-refractivity contribution in [3.8, 4) is 0 Å². The van der Waals surface area contributed by atoms with E-state index in [1.165, 1.54) is 16.7 Å². The number of aryl methyl sites for hydroxylation is 2. The van der Waals surface area contributed by atoms with Crippen LogP contribution >= 0.6 is 0 Å². The highest BCUT2D eigenvalue weighted by Gasteiger charge is 2.26. The molecular weight excluding hydrogens is 372 g/mol. The number of aromatic nitrogens is 2. The second kappa shape index (κ2) is 8.42. The van der Waals surface area contributed by atoms with Crippen LogP contribution in [0.2, 0.25) is 0 Å². The standard InChI is InChI=1S/C25H30N4O/c1-16(2)20-7-5-19(6-8-20)13-24(30)28-21-9-10-29(14-21)25-22-11-17(3)18(4)12-23(22)26-15-27-25/h5-8,11-12,15-16,21H,9-10,13-14H2,1-4H3,(H,28,30). The number of fused-ring (bicyclic) bond motifs is 1. The summed E-state index contributed by atoms with van der Waals surface area (Å²) in [5, 5.41) is 4.29. The Balaban J connectivity index is 1.40. The smallest absolute Gasteiger partial charge is 0.224 e. The van der Waals surface area contributed by atoms with E-state index in [9.17, 15) is 4.79 Å². The van der Waals surface area contributed by atoms with Crippen molar-refractivity contribution in [2.45, 2.75) is 52.5 Å². The van der Waals surface area contributed by atoms with Crippen LogP contribution in [0.3, 0.4) is 0 Å². The zero-order chi connectivity index (χ0) is 21.3. The maximum absolute atomic E-state index is 12.6. The van der Waals surface area contributed by atoms with Gasteiger partial charge in [-0.05, 0) is 60.6 Å². The fraction of sp³-hybridized carbons (Fsp3) is 0.400. The normalized spacial score (nSPS) is 16.4. The second-order valence-corrected chi connectivity index (χ2v) is 8.72. The number of hydrogen-bond acceptors (Lipinski definition) is 4. The summed E-state index contributed by atoms with van der Waals surface area (Å²) in [7, 11) is 0. The number of nitrogens with zero attached hydrogens (tertiary/aromatic N) is 3. The monoisotopic (exact) mass is 402 g/mol. The van der Waals surface area contributed by atoms with E-state index in [0.29, 0.717) is 12.3 Å². The molecular formula is C25H30N4O. The third-order valence-corrected chi connectivity index (χ3v) is 6.09. The summed E-state index contributed by atoms with van der Waals surface area (Å²) in [5.41, 5.74) is 5.80. The molecule has 2 heterocycles. The Morgan fingerprint density at radius 1 is 1.13 bits per heavy atom. The number of hydrogen-bond donors (Lipinski definition) is 1. The molecule has 0 radical (unpaired) electrons. The fourth-order valence-electron chi connectivity index (χ4n) is 4.11. The third kappa shape index (κ3) is 4.30. The van der Waals surface area contributed by atoms with Crippen LogP contribution < -0.4 is 10.2 Å². The van der Waals surface area contributed by atoms with Gasteiger partial charge in [0.25, 0.3) is 0 Å². The van der Waals surface area contributed by atoms with Gasteiger partial charge in [-0.15, -0.1) is 0 Å². The van der Waals surface area contributed by atoms with Gasteiger partial charge >= 0.3 is 0 Å². The Kier molecular flexibility index (Phi) is 5.71. The highest BCUT2D eigenvalue weighted by atomic mass is 16.1. The van der Waals surface area contributed by atoms with Crippen LogP contribution in [-0.2, 0) is 11.2 Å². The fourth-order valence-corrected chi connectivity index (χ4v) is 4.11. The number of carbonyl (C=O) groups excluding carboxylic acids is 1. The number of nitrogens with one attached hydrogen (secondary N) is 1. The molecule has 1 saturated heterocycles. The molecule has 30 heavy (non-hydrogen) atoms. The van der Waals surface area contributed by atoms with Gasteiger partial charge in [-0.1, -0.05) is 38.1 Å². The van der Waals surface area contributed by atoms with Crippen LogP contribution in [0, 0.1) is 13.8 Å². The molecule has 0 saturated carbocycles. The average molecular weight is 403 g/mol. The van der Waals surface area contributed by atoms with Crippen molar-refractivity contribution in [3.05, 3.63) is 65.0 Å².